The fraction of sp³-hybridized carbons (Fsp3) is 0.350. The van der Waals surface area contributed by atoms with Crippen molar-refractivity contribution in [2.24, 2.45) is 11.1 Å². The van der Waals surface area contributed by atoms with Gasteiger partial charge in [-0.25, -0.2) is 4.39 Å². The average Bonchev–Trinajstić information content (AvgIpc) is 2.70. The molecule has 1 saturated heterocycles. The predicted octanol–water partition coefficient (Wildman–Crippen LogP) is 3.74. The summed E-state index contributed by atoms with van der Waals surface area (Å²) in [7, 11) is 1.51. The lowest BCUT2D eigenvalue weighted by Gasteiger charge is -2.34. The topological polar surface area (TPSA) is 82.8 Å². The normalized spacial score (nSPS) is 15.2. The number of ether oxygens (including phenoxy) is 3. The minimum absolute atomic E-state index is 0. The van der Waals surface area contributed by atoms with Crippen LogP contribution in [0.4, 0.5) is 10.1 Å². The maximum absolute atomic E-state index is 14.5. The SMILES string of the molecule is COc1ccccc1Oc1ccc(NC(=O)C2(CN)CCOCC2)cc1F.Cl. The number of rotatable bonds is 6. The summed E-state index contributed by atoms with van der Waals surface area (Å²) < 4.78 is 30.6. The van der Waals surface area contributed by atoms with Crippen LogP contribution in [0.15, 0.2) is 42.5 Å². The number of amides is 1. The zero-order valence-corrected chi connectivity index (χ0v) is 16.4. The second-order valence-electron chi connectivity index (χ2n) is 6.45. The van der Waals surface area contributed by atoms with Gasteiger partial charge in [0, 0.05) is 31.5 Å². The molecule has 0 saturated carbocycles. The Morgan fingerprint density at radius 2 is 1.86 bits per heavy atom. The first-order valence-electron chi connectivity index (χ1n) is 8.78. The molecule has 2 aromatic rings. The van der Waals surface area contributed by atoms with Gasteiger partial charge < -0.3 is 25.3 Å². The van der Waals surface area contributed by atoms with Crippen LogP contribution in [-0.4, -0.2) is 32.8 Å². The fourth-order valence-corrected chi connectivity index (χ4v) is 3.03. The molecule has 1 aliphatic heterocycles. The summed E-state index contributed by atoms with van der Waals surface area (Å²) in [6.07, 6.45) is 1.10. The highest BCUT2D eigenvalue weighted by Crippen LogP contribution is 2.34. The first-order chi connectivity index (χ1) is 13.1. The highest BCUT2D eigenvalue weighted by Gasteiger charge is 2.38. The third-order valence-corrected chi connectivity index (χ3v) is 4.80. The van der Waals surface area contributed by atoms with E-state index in [1.54, 1.807) is 30.3 Å². The number of hydrogen-bond donors (Lipinski definition) is 2. The minimum Gasteiger partial charge on any atom is -0.493 e. The summed E-state index contributed by atoms with van der Waals surface area (Å²) in [5.41, 5.74) is 5.51. The summed E-state index contributed by atoms with van der Waals surface area (Å²) in [6, 6.07) is 11.3. The zero-order valence-electron chi connectivity index (χ0n) is 15.6. The highest BCUT2D eigenvalue weighted by molar-refractivity contribution is 5.95. The second-order valence-corrected chi connectivity index (χ2v) is 6.45. The molecule has 0 atom stereocenters. The third kappa shape index (κ3) is 4.73. The van der Waals surface area contributed by atoms with Gasteiger partial charge in [0.05, 0.1) is 12.5 Å². The van der Waals surface area contributed by atoms with Crippen LogP contribution in [0, 0.1) is 11.2 Å². The average molecular weight is 411 g/mol. The fourth-order valence-electron chi connectivity index (χ4n) is 3.03. The van der Waals surface area contributed by atoms with Gasteiger partial charge in [-0.05, 0) is 37.1 Å². The molecule has 28 heavy (non-hydrogen) atoms. The number of carbonyl (C=O) groups is 1. The van der Waals surface area contributed by atoms with Gasteiger partial charge in [-0.15, -0.1) is 12.4 Å². The van der Waals surface area contributed by atoms with E-state index in [1.165, 1.54) is 19.2 Å². The van der Waals surface area contributed by atoms with E-state index in [4.69, 9.17) is 19.9 Å². The van der Waals surface area contributed by atoms with Crippen LogP contribution in [0.1, 0.15) is 12.8 Å². The van der Waals surface area contributed by atoms with E-state index >= 15 is 0 Å². The minimum atomic E-state index is -0.679. The molecule has 152 valence electrons. The van der Waals surface area contributed by atoms with Crippen molar-refractivity contribution < 1.29 is 23.4 Å². The van der Waals surface area contributed by atoms with Crippen LogP contribution in [0.2, 0.25) is 0 Å². The van der Waals surface area contributed by atoms with Crippen molar-refractivity contribution >= 4 is 24.0 Å². The summed E-state index contributed by atoms with van der Waals surface area (Å²) in [5.74, 6) is 0.134. The summed E-state index contributed by atoms with van der Waals surface area (Å²) in [6.45, 7) is 1.20. The van der Waals surface area contributed by atoms with Gasteiger partial charge in [-0.3, -0.25) is 4.79 Å². The molecule has 1 fully saturated rings. The van der Waals surface area contributed by atoms with Gasteiger partial charge in [-0.1, -0.05) is 12.1 Å². The van der Waals surface area contributed by atoms with Gasteiger partial charge in [0.2, 0.25) is 5.91 Å². The number of halogens is 2. The van der Waals surface area contributed by atoms with Crippen LogP contribution in [-0.2, 0) is 9.53 Å². The van der Waals surface area contributed by atoms with Crippen molar-refractivity contribution in [3.05, 3.63) is 48.3 Å². The van der Waals surface area contributed by atoms with Crippen LogP contribution in [0.3, 0.4) is 0 Å². The molecule has 0 bridgehead atoms. The molecule has 0 radical (unpaired) electrons. The molecule has 0 unspecified atom stereocenters. The Hall–Kier alpha value is -2.35. The summed E-state index contributed by atoms with van der Waals surface area (Å²) >= 11 is 0. The number of nitrogens with two attached hydrogens (primary N) is 1. The largest absolute Gasteiger partial charge is 0.493 e. The molecule has 0 aromatic heterocycles. The van der Waals surface area contributed by atoms with Crippen LogP contribution >= 0.6 is 12.4 Å². The van der Waals surface area contributed by atoms with Crippen molar-refractivity contribution in [3.63, 3.8) is 0 Å². The van der Waals surface area contributed by atoms with E-state index in [1.807, 2.05) is 0 Å². The van der Waals surface area contributed by atoms with Gasteiger partial charge in [-0.2, -0.15) is 0 Å². The van der Waals surface area contributed by atoms with E-state index in [0.717, 1.165) is 0 Å². The number of nitrogens with one attached hydrogen (secondary N) is 1. The van der Waals surface area contributed by atoms with Crippen LogP contribution in [0.25, 0.3) is 0 Å². The quantitative estimate of drug-likeness (QED) is 0.758. The maximum atomic E-state index is 14.5. The van der Waals surface area contributed by atoms with Gasteiger partial charge in [0.1, 0.15) is 0 Å². The molecule has 0 aliphatic carbocycles. The molecule has 3 rings (SSSR count). The van der Waals surface area contributed by atoms with Gasteiger partial charge in [0.15, 0.2) is 23.1 Å². The number of para-hydroxylation sites is 2. The Morgan fingerprint density at radius 1 is 1.18 bits per heavy atom. The number of carbonyl (C=O) groups excluding carboxylic acids is 1. The monoisotopic (exact) mass is 410 g/mol. The Kier molecular flexibility index (Phi) is 7.62. The van der Waals surface area contributed by atoms with Crippen LogP contribution < -0.4 is 20.5 Å². The van der Waals surface area contributed by atoms with Crippen molar-refractivity contribution in [2.75, 3.05) is 32.2 Å². The van der Waals surface area contributed by atoms with Crippen molar-refractivity contribution in [2.45, 2.75) is 12.8 Å². The molecule has 0 spiro atoms. The molecule has 1 heterocycles. The molecular weight excluding hydrogens is 387 g/mol. The van der Waals surface area contributed by atoms with E-state index in [-0.39, 0.29) is 30.6 Å². The number of hydrogen-bond acceptors (Lipinski definition) is 5. The van der Waals surface area contributed by atoms with E-state index in [2.05, 4.69) is 5.32 Å². The molecule has 8 heteroatoms. The highest BCUT2D eigenvalue weighted by atomic mass is 35.5. The molecular formula is C20H24ClFN2O4. The van der Waals surface area contributed by atoms with E-state index < -0.39 is 11.2 Å². The first-order valence-corrected chi connectivity index (χ1v) is 8.78. The van der Waals surface area contributed by atoms with E-state index in [9.17, 15) is 9.18 Å². The standard InChI is InChI=1S/C20H23FN2O4.ClH/c1-25-17-4-2-3-5-18(17)27-16-7-6-14(12-15(16)21)23-19(24)20(13-22)8-10-26-11-9-20;/h2-7,12H,8-11,13,22H2,1H3,(H,23,24);1H. The lowest BCUT2D eigenvalue weighted by atomic mass is 9.79. The molecule has 2 aromatic carbocycles. The second kappa shape index (κ2) is 9.73. The first kappa shape index (κ1) is 21.9. The Bertz CT molecular complexity index is 813. The molecule has 1 aliphatic rings. The zero-order chi connectivity index (χ0) is 19.3. The predicted molar refractivity (Wildman–Crippen MR) is 107 cm³/mol. The van der Waals surface area contributed by atoms with E-state index in [0.29, 0.717) is 43.2 Å². The number of methoxy groups -OCH3 is 1. The third-order valence-electron chi connectivity index (χ3n) is 4.80. The van der Waals surface area contributed by atoms with Gasteiger partial charge >= 0.3 is 0 Å². The number of benzene rings is 2. The van der Waals surface area contributed by atoms with Crippen LogP contribution in [0.5, 0.6) is 17.2 Å². The Labute approximate surface area is 169 Å². The van der Waals surface area contributed by atoms with Crippen molar-refractivity contribution in [1.29, 1.82) is 0 Å². The van der Waals surface area contributed by atoms with Gasteiger partial charge in [0.25, 0.3) is 0 Å². The smallest absolute Gasteiger partial charge is 0.232 e. The summed E-state index contributed by atoms with van der Waals surface area (Å²) in [4.78, 5) is 12.7. The lowest BCUT2D eigenvalue weighted by molar-refractivity contribution is -0.130. The number of anilines is 1. The summed E-state index contributed by atoms with van der Waals surface area (Å²) in [5, 5.41) is 2.76. The molecule has 6 nitrogen and oxygen atoms in total. The van der Waals surface area contributed by atoms with Crippen molar-refractivity contribution in [3.8, 4) is 17.2 Å². The Morgan fingerprint density at radius 3 is 2.46 bits per heavy atom. The molecule has 1 amide bonds. The van der Waals surface area contributed by atoms with Crippen molar-refractivity contribution in [1.82, 2.24) is 0 Å². The molecule has 3 N–H and O–H groups in total. The maximum Gasteiger partial charge on any atom is 0.232 e. The Balaban J connectivity index is 0.00000280. The lowest BCUT2D eigenvalue weighted by Crippen LogP contribution is -2.46.